The lowest BCUT2D eigenvalue weighted by Crippen LogP contribution is -2.30. The van der Waals surface area contributed by atoms with E-state index in [1.807, 2.05) is 11.7 Å². The highest BCUT2D eigenvalue weighted by molar-refractivity contribution is 5.37. The fourth-order valence-corrected chi connectivity index (χ4v) is 3.23. The molecule has 3 N–H and O–H groups in total. The first kappa shape index (κ1) is 14.3. The zero-order valence-corrected chi connectivity index (χ0v) is 12.9. The SMILES string of the molecule is CCc1cc(CC(NN)c2ccc3c(c2)CCC3)n(C)n1. The van der Waals surface area contributed by atoms with Crippen molar-refractivity contribution in [2.75, 3.05) is 0 Å². The highest BCUT2D eigenvalue weighted by atomic mass is 15.3. The van der Waals surface area contributed by atoms with Gasteiger partial charge in [0.15, 0.2) is 0 Å². The van der Waals surface area contributed by atoms with E-state index in [-0.39, 0.29) is 6.04 Å². The molecule has 1 aromatic heterocycles. The summed E-state index contributed by atoms with van der Waals surface area (Å²) in [6.45, 7) is 2.13. The van der Waals surface area contributed by atoms with Crippen LogP contribution in [0.5, 0.6) is 0 Å². The van der Waals surface area contributed by atoms with Crippen LogP contribution in [0.3, 0.4) is 0 Å². The Bertz CT molecular complexity index is 630. The standard InChI is InChI=1S/C17H24N4/c1-3-15-10-16(21(2)20-15)11-17(19-18)14-8-7-12-5-4-6-13(12)9-14/h7-10,17,19H,3-6,11,18H2,1-2H3. The fourth-order valence-electron chi connectivity index (χ4n) is 3.23. The average molecular weight is 284 g/mol. The lowest BCUT2D eigenvalue weighted by Gasteiger charge is -2.17. The van der Waals surface area contributed by atoms with Gasteiger partial charge in [-0.2, -0.15) is 5.10 Å². The zero-order chi connectivity index (χ0) is 14.8. The van der Waals surface area contributed by atoms with E-state index >= 15 is 0 Å². The van der Waals surface area contributed by atoms with E-state index < -0.39 is 0 Å². The summed E-state index contributed by atoms with van der Waals surface area (Å²) in [6, 6.07) is 9.12. The van der Waals surface area contributed by atoms with Crippen LogP contribution in [-0.4, -0.2) is 9.78 Å². The van der Waals surface area contributed by atoms with Gasteiger partial charge in [0.2, 0.25) is 0 Å². The molecule has 1 aliphatic carbocycles. The van der Waals surface area contributed by atoms with Crippen LogP contribution in [0.4, 0.5) is 0 Å². The van der Waals surface area contributed by atoms with Crippen molar-refractivity contribution in [1.82, 2.24) is 15.2 Å². The molecule has 3 rings (SSSR count). The maximum Gasteiger partial charge on any atom is 0.0624 e. The quantitative estimate of drug-likeness (QED) is 0.654. The van der Waals surface area contributed by atoms with Gasteiger partial charge in [-0.3, -0.25) is 16.0 Å². The molecule has 1 heterocycles. The molecule has 21 heavy (non-hydrogen) atoms. The third-order valence-electron chi connectivity index (χ3n) is 4.53. The molecule has 2 aromatic rings. The molecule has 1 unspecified atom stereocenters. The number of aryl methyl sites for hydroxylation is 4. The number of hydrogen-bond donors (Lipinski definition) is 2. The minimum atomic E-state index is 0.135. The molecule has 1 aliphatic rings. The Morgan fingerprint density at radius 1 is 1.29 bits per heavy atom. The molecular weight excluding hydrogens is 260 g/mol. The number of aromatic nitrogens is 2. The van der Waals surface area contributed by atoms with Crippen LogP contribution >= 0.6 is 0 Å². The molecule has 0 amide bonds. The zero-order valence-electron chi connectivity index (χ0n) is 12.9. The van der Waals surface area contributed by atoms with Crippen LogP contribution in [0.2, 0.25) is 0 Å². The number of fused-ring (bicyclic) bond motifs is 1. The fraction of sp³-hybridized carbons (Fsp3) is 0.471. The molecule has 0 radical (unpaired) electrons. The van der Waals surface area contributed by atoms with Gasteiger partial charge in [0, 0.05) is 19.2 Å². The van der Waals surface area contributed by atoms with Crippen molar-refractivity contribution in [2.24, 2.45) is 12.9 Å². The van der Waals surface area contributed by atoms with E-state index in [0.29, 0.717) is 0 Å². The van der Waals surface area contributed by atoms with Crippen molar-refractivity contribution in [2.45, 2.75) is 45.1 Å². The van der Waals surface area contributed by atoms with Gasteiger partial charge in [0.05, 0.1) is 11.7 Å². The summed E-state index contributed by atoms with van der Waals surface area (Å²) in [5.41, 5.74) is 9.60. The number of nitrogens with zero attached hydrogens (tertiary/aromatic N) is 2. The molecule has 0 fully saturated rings. The van der Waals surface area contributed by atoms with E-state index in [2.05, 4.69) is 41.7 Å². The van der Waals surface area contributed by atoms with Crippen LogP contribution in [0.1, 0.15) is 47.5 Å². The Morgan fingerprint density at radius 2 is 2.10 bits per heavy atom. The molecule has 0 spiro atoms. The molecule has 0 saturated carbocycles. The first-order chi connectivity index (χ1) is 10.2. The summed E-state index contributed by atoms with van der Waals surface area (Å²) in [5, 5.41) is 4.52. The Hall–Kier alpha value is -1.65. The molecular formula is C17H24N4. The van der Waals surface area contributed by atoms with Crippen molar-refractivity contribution >= 4 is 0 Å². The van der Waals surface area contributed by atoms with E-state index in [9.17, 15) is 0 Å². The van der Waals surface area contributed by atoms with Crippen LogP contribution < -0.4 is 11.3 Å². The van der Waals surface area contributed by atoms with Crippen LogP contribution in [0.25, 0.3) is 0 Å². The number of hydrogen-bond acceptors (Lipinski definition) is 3. The minimum absolute atomic E-state index is 0.135. The van der Waals surface area contributed by atoms with Gasteiger partial charge in [0.25, 0.3) is 0 Å². The second-order valence-electron chi connectivity index (χ2n) is 5.91. The van der Waals surface area contributed by atoms with Crippen LogP contribution in [0, 0.1) is 0 Å². The summed E-state index contributed by atoms with van der Waals surface area (Å²) in [6.07, 6.45) is 5.53. The van der Waals surface area contributed by atoms with Crippen LogP contribution in [0.15, 0.2) is 24.3 Å². The summed E-state index contributed by atoms with van der Waals surface area (Å²) in [5.74, 6) is 5.81. The van der Waals surface area contributed by atoms with Crippen LogP contribution in [-0.2, 0) is 32.7 Å². The van der Waals surface area contributed by atoms with Gasteiger partial charge >= 0.3 is 0 Å². The molecule has 0 saturated heterocycles. The number of nitrogens with one attached hydrogen (secondary N) is 1. The van der Waals surface area contributed by atoms with Crippen molar-refractivity contribution < 1.29 is 0 Å². The third-order valence-corrected chi connectivity index (χ3v) is 4.53. The number of nitrogens with two attached hydrogens (primary N) is 1. The summed E-state index contributed by atoms with van der Waals surface area (Å²) in [4.78, 5) is 0. The topological polar surface area (TPSA) is 55.9 Å². The highest BCUT2D eigenvalue weighted by Crippen LogP contribution is 2.26. The summed E-state index contributed by atoms with van der Waals surface area (Å²) in [7, 11) is 2.00. The predicted octanol–water partition coefficient (Wildman–Crippen LogP) is 2.22. The van der Waals surface area contributed by atoms with Gasteiger partial charge in [0.1, 0.15) is 0 Å². The van der Waals surface area contributed by atoms with Gasteiger partial charge in [-0.1, -0.05) is 25.1 Å². The van der Waals surface area contributed by atoms with E-state index in [1.54, 1.807) is 0 Å². The summed E-state index contributed by atoms with van der Waals surface area (Å²) >= 11 is 0. The molecule has 112 valence electrons. The van der Waals surface area contributed by atoms with Gasteiger partial charge in [-0.05, 0) is 48.4 Å². The maximum absolute atomic E-state index is 5.81. The van der Waals surface area contributed by atoms with Crippen molar-refractivity contribution in [3.8, 4) is 0 Å². The Kier molecular flexibility index (Phi) is 4.08. The normalized spacial score (nSPS) is 15.2. The molecule has 4 heteroatoms. The number of hydrazine groups is 1. The van der Waals surface area contributed by atoms with Gasteiger partial charge in [-0.15, -0.1) is 0 Å². The number of benzene rings is 1. The average Bonchev–Trinajstić information content (AvgIpc) is 3.10. The largest absolute Gasteiger partial charge is 0.272 e. The Morgan fingerprint density at radius 3 is 2.81 bits per heavy atom. The van der Waals surface area contributed by atoms with Crippen molar-refractivity contribution in [3.05, 3.63) is 52.3 Å². The predicted molar refractivity (Wildman–Crippen MR) is 84.8 cm³/mol. The minimum Gasteiger partial charge on any atom is -0.272 e. The van der Waals surface area contributed by atoms with E-state index in [0.717, 1.165) is 18.5 Å². The van der Waals surface area contributed by atoms with Gasteiger partial charge < -0.3 is 0 Å². The monoisotopic (exact) mass is 284 g/mol. The molecule has 1 aromatic carbocycles. The lowest BCUT2D eigenvalue weighted by molar-refractivity contribution is 0.529. The second kappa shape index (κ2) is 6.00. The maximum atomic E-state index is 5.81. The highest BCUT2D eigenvalue weighted by Gasteiger charge is 2.17. The van der Waals surface area contributed by atoms with Gasteiger partial charge in [-0.25, -0.2) is 0 Å². The van der Waals surface area contributed by atoms with E-state index in [1.165, 1.54) is 41.6 Å². The van der Waals surface area contributed by atoms with E-state index in [4.69, 9.17) is 5.84 Å². The molecule has 0 aliphatic heterocycles. The second-order valence-corrected chi connectivity index (χ2v) is 5.91. The molecule has 1 atom stereocenters. The van der Waals surface area contributed by atoms with Crippen molar-refractivity contribution in [1.29, 1.82) is 0 Å². The molecule has 4 nitrogen and oxygen atoms in total. The Balaban J connectivity index is 1.83. The van der Waals surface area contributed by atoms with Crippen molar-refractivity contribution in [3.63, 3.8) is 0 Å². The lowest BCUT2D eigenvalue weighted by atomic mass is 9.98. The summed E-state index contributed by atoms with van der Waals surface area (Å²) < 4.78 is 1.97. The molecule has 0 bridgehead atoms. The smallest absolute Gasteiger partial charge is 0.0624 e. The number of rotatable bonds is 5. The third kappa shape index (κ3) is 2.87. The first-order valence-electron chi connectivity index (χ1n) is 7.81. The first-order valence-corrected chi connectivity index (χ1v) is 7.81. The Labute approximate surface area is 126 Å².